The lowest BCUT2D eigenvalue weighted by molar-refractivity contribution is -0.138. The molecule has 0 atom stereocenters. The lowest BCUT2D eigenvalue weighted by Gasteiger charge is -2.22. The quantitative estimate of drug-likeness (QED) is 0.138. The average Bonchev–Trinajstić information content (AvgIpc) is 2.83. The molecule has 0 saturated carbocycles. The molecule has 0 bridgehead atoms. The second kappa shape index (κ2) is 11.0. The number of Topliss-reactive ketones (excluding diaryl/α,β-unsaturated/α-hetero) is 1. The third-order valence-electron chi connectivity index (χ3n) is 5.09. The Bertz CT molecular complexity index is 1400. The highest BCUT2D eigenvalue weighted by molar-refractivity contribution is 7.85. The van der Waals surface area contributed by atoms with Gasteiger partial charge in [-0.2, -0.15) is 8.42 Å². The molecule has 3 aromatic rings. The van der Waals surface area contributed by atoms with E-state index in [1.807, 2.05) is 30.1 Å². The molecule has 0 aliphatic heterocycles. The van der Waals surface area contributed by atoms with E-state index in [-0.39, 0.29) is 12.3 Å². The molecule has 182 valence electrons. The highest BCUT2D eigenvalue weighted by Gasteiger charge is 2.22. The van der Waals surface area contributed by atoms with Crippen molar-refractivity contribution in [3.05, 3.63) is 90.0 Å². The Morgan fingerprint density at radius 2 is 1.60 bits per heavy atom. The highest BCUT2D eigenvalue weighted by atomic mass is 32.2. The van der Waals surface area contributed by atoms with Crippen LogP contribution in [0.2, 0.25) is 0 Å². The van der Waals surface area contributed by atoms with Crippen molar-refractivity contribution in [1.29, 1.82) is 0 Å². The van der Waals surface area contributed by atoms with E-state index in [1.54, 1.807) is 55.5 Å². The molecule has 3 rings (SSSR count). The summed E-state index contributed by atoms with van der Waals surface area (Å²) in [7, 11) is -2.06. The molecule has 0 saturated heterocycles. The van der Waals surface area contributed by atoms with E-state index in [1.165, 1.54) is 0 Å². The van der Waals surface area contributed by atoms with Crippen LogP contribution in [0.15, 0.2) is 84.0 Å². The van der Waals surface area contributed by atoms with Crippen molar-refractivity contribution in [2.45, 2.75) is 6.92 Å². The van der Waals surface area contributed by atoms with E-state index in [9.17, 15) is 18.0 Å². The second-order valence-corrected chi connectivity index (χ2v) is 9.49. The molecular formula is C26H26N2O6S. The largest absolute Gasteiger partial charge is 0.460 e. The summed E-state index contributed by atoms with van der Waals surface area (Å²) in [6, 6.07) is 19.3. The summed E-state index contributed by atoms with van der Waals surface area (Å²) in [6.45, 7) is 5.75. The Morgan fingerprint density at radius 1 is 0.971 bits per heavy atom. The van der Waals surface area contributed by atoms with Crippen molar-refractivity contribution >= 4 is 44.0 Å². The van der Waals surface area contributed by atoms with Crippen molar-refractivity contribution in [2.24, 2.45) is 5.16 Å². The number of benzene rings is 3. The fourth-order valence-corrected chi connectivity index (χ4v) is 3.60. The van der Waals surface area contributed by atoms with Crippen molar-refractivity contribution in [2.75, 3.05) is 31.4 Å². The van der Waals surface area contributed by atoms with Gasteiger partial charge in [-0.1, -0.05) is 66.3 Å². The van der Waals surface area contributed by atoms with Gasteiger partial charge < -0.3 is 9.64 Å². The van der Waals surface area contributed by atoms with Gasteiger partial charge in [-0.25, -0.2) is 4.79 Å². The van der Waals surface area contributed by atoms with Gasteiger partial charge in [0.05, 0.1) is 12.8 Å². The SMILES string of the molecule is C=C(C)C(=O)OCCN(C)c1ccc(C(=O)/C(=N/OS(C)(=O)=O)c2ccccc2)c2ccccc12. The molecule has 35 heavy (non-hydrogen) atoms. The zero-order valence-electron chi connectivity index (χ0n) is 19.7. The number of anilines is 1. The van der Waals surface area contributed by atoms with Crippen LogP contribution in [0, 0.1) is 0 Å². The van der Waals surface area contributed by atoms with Crippen molar-refractivity contribution in [3.63, 3.8) is 0 Å². The normalized spacial score (nSPS) is 11.7. The smallest absolute Gasteiger partial charge is 0.333 e. The number of rotatable bonds is 10. The molecule has 9 heteroatoms. The number of nitrogens with zero attached hydrogens (tertiary/aromatic N) is 2. The molecule has 0 radical (unpaired) electrons. The molecule has 0 N–H and O–H groups in total. The first kappa shape index (κ1) is 25.6. The minimum atomic E-state index is -3.91. The Kier molecular flexibility index (Phi) is 8.03. The van der Waals surface area contributed by atoms with Crippen LogP contribution >= 0.6 is 0 Å². The number of fused-ring (bicyclic) bond motifs is 1. The average molecular weight is 495 g/mol. The first-order valence-corrected chi connectivity index (χ1v) is 12.5. The summed E-state index contributed by atoms with van der Waals surface area (Å²) < 4.78 is 32.9. The summed E-state index contributed by atoms with van der Waals surface area (Å²) in [6.07, 6.45) is 0.858. The molecule has 0 heterocycles. The second-order valence-electron chi connectivity index (χ2n) is 7.93. The van der Waals surface area contributed by atoms with Crippen LogP contribution in [0.1, 0.15) is 22.8 Å². The number of esters is 1. The molecule has 0 aromatic heterocycles. The van der Waals surface area contributed by atoms with Crippen LogP contribution < -0.4 is 4.90 Å². The molecule has 0 fully saturated rings. The zero-order valence-corrected chi connectivity index (χ0v) is 20.5. The Morgan fingerprint density at radius 3 is 2.23 bits per heavy atom. The Hall–Kier alpha value is -3.98. The molecule has 0 spiro atoms. The molecule has 0 amide bonds. The van der Waals surface area contributed by atoms with E-state index >= 15 is 0 Å². The summed E-state index contributed by atoms with van der Waals surface area (Å²) in [5.41, 5.74) is 1.79. The number of ketones is 1. The molecule has 0 unspecified atom stereocenters. The number of likely N-dealkylation sites (N-methyl/N-ethyl adjacent to an activating group) is 1. The number of hydrogen-bond acceptors (Lipinski definition) is 8. The molecular weight excluding hydrogens is 468 g/mol. The Balaban J connectivity index is 1.99. The number of oxime groups is 1. The van der Waals surface area contributed by atoms with Gasteiger partial charge >= 0.3 is 16.1 Å². The standard InChI is InChI=1S/C26H26N2O6S/c1-18(2)26(30)33-17-16-28(3)23-15-14-22(20-12-8-9-13-21(20)23)25(29)24(27-34-35(4,31)32)19-10-6-5-7-11-19/h5-15H,1,16-17H2,2-4H3/b27-24+. The van der Waals surface area contributed by atoms with E-state index in [0.717, 1.165) is 17.3 Å². The van der Waals surface area contributed by atoms with Gasteiger partial charge in [0.1, 0.15) is 6.61 Å². The summed E-state index contributed by atoms with van der Waals surface area (Å²) in [5.74, 6) is -0.936. The van der Waals surface area contributed by atoms with Crippen LogP contribution in [0.5, 0.6) is 0 Å². The monoisotopic (exact) mass is 494 g/mol. The van der Waals surface area contributed by atoms with Gasteiger partial charge in [0.15, 0.2) is 5.71 Å². The lowest BCUT2D eigenvalue weighted by Crippen LogP contribution is -2.24. The van der Waals surface area contributed by atoms with Gasteiger partial charge in [-0.3, -0.25) is 9.08 Å². The number of hydrogen-bond donors (Lipinski definition) is 0. The lowest BCUT2D eigenvalue weighted by atomic mass is 9.95. The maximum atomic E-state index is 13.6. The molecule has 0 aliphatic carbocycles. The van der Waals surface area contributed by atoms with Gasteiger partial charge in [0, 0.05) is 34.8 Å². The molecule has 8 nitrogen and oxygen atoms in total. The van der Waals surface area contributed by atoms with E-state index in [2.05, 4.69) is 16.0 Å². The van der Waals surface area contributed by atoms with Crippen LogP contribution in [0.3, 0.4) is 0 Å². The van der Waals surface area contributed by atoms with Gasteiger partial charge in [0.2, 0.25) is 5.78 Å². The topological polar surface area (TPSA) is 102 Å². The zero-order chi connectivity index (χ0) is 25.6. The maximum absolute atomic E-state index is 13.6. The third kappa shape index (κ3) is 6.54. The minimum Gasteiger partial charge on any atom is -0.460 e. The van der Waals surface area contributed by atoms with E-state index in [4.69, 9.17) is 4.74 Å². The highest BCUT2D eigenvalue weighted by Crippen LogP contribution is 2.30. The third-order valence-corrected chi connectivity index (χ3v) is 5.44. The van der Waals surface area contributed by atoms with E-state index in [0.29, 0.717) is 28.6 Å². The predicted molar refractivity (Wildman–Crippen MR) is 136 cm³/mol. The van der Waals surface area contributed by atoms with Gasteiger partial charge in [-0.15, -0.1) is 0 Å². The molecule has 0 aliphatic rings. The van der Waals surface area contributed by atoms with Crippen LogP contribution in [0.25, 0.3) is 10.8 Å². The summed E-state index contributed by atoms with van der Waals surface area (Å²) >= 11 is 0. The number of carbonyl (C=O) groups excluding carboxylic acids is 2. The van der Waals surface area contributed by atoms with Crippen molar-refractivity contribution < 1.29 is 27.0 Å². The summed E-state index contributed by atoms with van der Waals surface area (Å²) in [5, 5.41) is 5.14. The minimum absolute atomic E-state index is 0.131. The number of ether oxygens (including phenoxy) is 1. The summed E-state index contributed by atoms with van der Waals surface area (Å²) in [4.78, 5) is 27.2. The maximum Gasteiger partial charge on any atom is 0.333 e. The van der Waals surface area contributed by atoms with Crippen molar-refractivity contribution in [1.82, 2.24) is 0 Å². The predicted octanol–water partition coefficient (Wildman–Crippen LogP) is 3.96. The fraction of sp³-hybridized carbons (Fsp3) is 0.192. The first-order valence-electron chi connectivity index (χ1n) is 10.7. The van der Waals surface area contributed by atoms with Crippen molar-refractivity contribution in [3.8, 4) is 0 Å². The molecule has 3 aromatic carbocycles. The van der Waals surface area contributed by atoms with Crippen LogP contribution in [-0.4, -0.2) is 52.3 Å². The fourth-order valence-electron chi connectivity index (χ4n) is 3.39. The van der Waals surface area contributed by atoms with E-state index < -0.39 is 21.9 Å². The van der Waals surface area contributed by atoms with Crippen LogP contribution in [0.4, 0.5) is 5.69 Å². The first-order chi connectivity index (χ1) is 16.6. The van der Waals surface area contributed by atoms with Crippen LogP contribution in [-0.2, 0) is 23.9 Å². The Labute approximate surface area is 204 Å². The van der Waals surface area contributed by atoms with Gasteiger partial charge in [-0.05, 0) is 24.4 Å². The number of carbonyl (C=O) groups is 2. The van der Waals surface area contributed by atoms with Gasteiger partial charge in [0.25, 0.3) is 0 Å².